The van der Waals surface area contributed by atoms with E-state index in [-0.39, 0.29) is 12.3 Å². The van der Waals surface area contributed by atoms with Gasteiger partial charge in [-0.2, -0.15) is 0 Å². The molecular weight excluding hydrogens is 248 g/mol. The molecule has 8 heteroatoms. The van der Waals surface area contributed by atoms with Crippen LogP contribution in [0.1, 0.15) is 47.5 Å². The summed E-state index contributed by atoms with van der Waals surface area (Å²) in [5, 5.41) is 6.77. The van der Waals surface area contributed by atoms with Crippen LogP contribution in [-0.2, 0) is 9.53 Å². The van der Waals surface area contributed by atoms with Crippen molar-refractivity contribution in [1.82, 2.24) is 0 Å². The lowest BCUT2D eigenvalue weighted by molar-refractivity contribution is -0.161. The molecule has 0 saturated heterocycles. The summed E-state index contributed by atoms with van der Waals surface area (Å²) < 4.78 is 5.17. The van der Waals surface area contributed by atoms with Crippen LogP contribution < -0.4 is 0 Å². The van der Waals surface area contributed by atoms with Crippen LogP contribution in [0.25, 0.3) is 20.9 Å². The number of nitrogens with zero attached hydrogens (tertiary/aromatic N) is 6. The summed E-state index contributed by atoms with van der Waals surface area (Å²) in [5.41, 5.74) is 14.6. The molecule has 0 saturated carbocycles. The Bertz CT molecular complexity index is 395. The van der Waals surface area contributed by atoms with Crippen LogP contribution in [-0.4, -0.2) is 17.2 Å². The van der Waals surface area contributed by atoms with Gasteiger partial charge in [-0.1, -0.05) is 24.1 Å². The van der Waals surface area contributed by atoms with E-state index in [9.17, 15) is 4.79 Å². The molecule has 0 aromatic heterocycles. The van der Waals surface area contributed by atoms with Gasteiger partial charge in [0.2, 0.25) is 5.66 Å². The van der Waals surface area contributed by atoms with Gasteiger partial charge in [-0.05, 0) is 50.6 Å². The van der Waals surface area contributed by atoms with Crippen LogP contribution in [0, 0.1) is 5.92 Å². The zero-order valence-electron chi connectivity index (χ0n) is 12.0. The summed E-state index contributed by atoms with van der Waals surface area (Å²) >= 11 is 0. The van der Waals surface area contributed by atoms with Crippen molar-refractivity contribution in [2.24, 2.45) is 16.1 Å². The zero-order valence-corrected chi connectivity index (χ0v) is 12.0. The lowest BCUT2D eigenvalue weighted by Crippen LogP contribution is -2.40. The largest absolute Gasteiger partial charge is 0.459 e. The molecule has 0 heterocycles. The third-order valence-corrected chi connectivity index (χ3v) is 2.22. The van der Waals surface area contributed by atoms with E-state index in [1.807, 2.05) is 13.8 Å². The molecule has 19 heavy (non-hydrogen) atoms. The quantitative estimate of drug-likeness (QED) is 0.311. The smallest absolute Gasteiger partial charge is 0.324 e. The number of ether oxygens (including phenoxy) is 1. The van der Waals surface area contributed by atoms with Crippen molar-refractivity contribution in [3.63, 3.8) is 0 Å². The number of esters is 1. The Morgan fingerprint density at radius 3 is 2.00 bits per heavy atom. The zero-order chi connectivity index (χ0) is 15.1. The van der Waals surface area contributed by atoms with Crippen LogP contribution in [0.2, 0.25) is 0 Å². The Morgan fingerprint density at radius 2 is 1.68 bits per heavy atom. The number of hydrogen-bond acceptors (Lipinski definition) is 4. The summed E-state index contributed by atoms with van der Waals surface area (Å²) in [4.78, 5) is 17.4. The van der Waals surface area contributed by atoms with Gasteiger partial charge in [-0.3, -0.25) is 4.79 Å². The monoisotopic (exact) mass is 268 g/mol. The Kier molecular flexibility index (Phi) is 6.18. The normalized spacial score (nSPS) is 14.0. The van der Waals surface area contributed by atoms with Gasteiger partial charge in [-0.25, -0.2) is 0 Å². The molecule has 0 aliphatic rings. The van der Waals surface area contributed by atoms with Crippen LogP contribution in [0.5, 0.6) is 0 Å². The molecule has 0 radical (unpaired) electrons. The fourth-order valence-corrected chi connectivity index (χ4v) is 1.30. The van der Waals surface area contributed by atoms with Crippen LogP contribution in [0.4, 0.5) is 0 Å². The molecule has 0 rings (SSSR count). The van der Waals surface area contributed by atoms with Crippen LogP contribution in [0.15, 0.2) is 10.2 Å². The van der Waals surface area contributed by atoms with Gasteiger partial charge < -0.3 is 4.74 Å². The lowest BCUT2D eigenvalue weighted by Gasteiger charge is -2.27. The molecule has 0 bridgehead atoms. The van der Waals surface area contributed by atoms with E-state index in [1.54, 1.807) is 20.8 Å². The predicted molar refractivity (Wildman–Crippen MR) is 70.9 cm³/mol. The third kappa shape index (κ3) is 5.99. The summed E-state index contributed by atoms with van der Waals surface area (Å²) in [7, 11) is 0. The second-order valence-electron chi connectivity index (χ2n) is 5.63. The van der Waals surface area contributed by atoms with E-state index in [1.165, 1.54) is 0 Å². The van der Waals surface area contributed by atoms with Crippen molar-refractivity contribution < 1.29 is 9.53 Å². The van der Waals surface area contributed by atoms with Crippen molar-refractivity contribution >= 4 is 5.97 Å². The summed E-state index contributed by atoms with van der Waals surface area (Å²) in [6.45, 7) is 8.96. The fraction of sp³-hybridized carbons (Fsp3) is 0.909. The van der Waals surface area contributed by atoms with Gasteiger partial charge >= 0.3 is 5.97 Å². The van der Waals surface area contributed by atoms with Crippen LogP contribution in [0.3, 0.4) is 0 Å². The molecule has 0 N–H and O–H groups in total. The number of azide groups is 1. The van der Waals surface area contributed by atoms with E-state index in [4.69, 9.17) is 15.8 Å². The first kappa shape index (κ1) is 17.1. The third-order valence-electron chi connectivity index (χ3n) is 2.22. The van der Waals surface area contributed by atoms with Crippen LogP contribution >= 0.6 is 0 Å². The van der Waals surface area contributed by atoms with E-state index < -0.39 is 17.2 Å². The Morgan fingerprint density at radius 1 is 1.21 bits per heavy atom. The molecular formula is C11H20N6O2. The molecule has 0 atom stereocenters. The highest BCUT2D eigenvalue weighted by atomic mass is 16.6. The first-order valence-electron chi connectivity index (χ1n) is 6.03. The molecule has 8 nitrogen and oxygen atoms in total. The van der Waals surface area contributed by atoms with Crippen molar-refractivity contribution in [2.45, 2.75) is 58.7 Å². The highest BCUT2D eigenvalue weighted by Crippen LogP contribution is 2.27. The maximum Gasteiger partial charge on any atom is 0.324 e. The second-order valence-corrected chi connectivity index (χ2v) is 5.63. The highest BCUT2D eigenvalue weighted by molar-refractivity contribution is 5.81. The van der Waals surface area contributed by atoms with E-state index >= 15 is 0 Å². The fourth-order valence-electron chi connectivity index (χ4n) is 1.30. The minimum absolute atomic E-state index is 0.119. The van der Waals surface area contributed by atoms with Crippen molar-refractivity contribution in [3.05, 3.63) is 20.9 Å². The Hall–Kier alpha value is -1.91. The maximum atomic E-state index is 12.1. The van der Waals surface area contributed by atoms with Gasteiger partial charge in [0.25, 0.3) is 0 Å². The first-order chi connectivity index (χ1) is 8.67. The summed E-state index contributed by atoms with van der Waals surface area (Å²) in [6, 6.07) is 0. The lowest BCUT2D eigenvalue weighted by atomic mass is 9.99. The first-order valence-corrected chi connectivity index (χ1v) is 6.03. The molecule has 0 aromatic carbocycles. The van der Waals surface area contributed by atoms with E-state index in [2.05, 4.69) is 20.1 Å². The molecule has 0 aliphatic carbocycles. The van der Waals surface area contributed by atoms with Crippen molar-refractivity contribution in [1.29, 1.82) is 0 Å². The Balaban J connectivity index is 5.38. The topological polar surface area (TPSA) is 124 Å². The van der Waals surface area contributed by atoms with Gasteiger partial charge in [0.15, 0.2) is 0 Å². The molecule has 0 amide bonds. The average molecular weight is 268 g/mol. The maximum absolute atomic E-state index is 12.1. The molecule has 106 valence electrons. The standard InChI is InChI=1S/C11H20N6O2/c1-8(2)6-7-11(14-16-12,15-17-13)9(18)19-10(3,4)5/h8H,6-7H2,1-5H3. The summed E-state index contributed by atoms with van der Waals surface area (Å²) in [6.07, 6.45) is 0.685. The number of hydrogen-bond donors (Lipinski definition) is 0. The van der Waals surface area contributed by atoms with Gasteiger partial charge in [0.1, 0.15) is 5.60 Å². The minimum Gasteiger partial charge on any atom is -0.459 e. The summed E-state index contributed by atoms with van der Waals surface area (Å²) in [5.74, 6) is -0.555. The van der Waals surface area contributed by atoms with Gasteiger partial charge in [-0.15, -0.1) is 0 Å². The highest BCUT2D eigenvalue weighted by Gasteiger charge is 2.40. The van der Waals surface area contributed by atoms with Gasteiger partial charge in [0, 0.05) is 9.82 Å². The average Bonchev–Trinajstić information content (AvgIpc) is 2.24. The second kappa shape index (κ2) is 6.87. The molecule has 0 aliphatic heterocycles. The molecule has 0 aromatic rings. The molecule has 0 spiro atoms. The number of rotatable bonds is 6. The SMILES string of the molecule is CC(C)CCC(N=[N+]=[N-])(N=[N+]=[N-])C(=O)OC(C)(C)C. The van der Waals surface area contributed by atoms with E-state index in [0.717, 1.165) is 0 Å². The minimum atomic E-state index is -1.85. The van der Waals surface area contributed by atoms with E-state index in [0.29, 0.717) is 6.42 Å². The van der Waals surface area contributed by atoms with Gasteiger partial charge in [0.05, 0.1) is 0 Å². The molecule has 0 fully saturated rings. The number of carbonyl (C=O) groups is 1. The molecule has 0 unspecified atom stereocenters. The predicted octanol–water partition coefficient (Wildman–Crippen LogP) is 4.08. The Labute approximate surface area is 112 Å². The number of carbonyl (C=O) groups excluding carboxylic acids is 1. The van der Waals surface area contributed by atoms with Crippen molar-refractivity contribution in [3.8, 4) is 0 Å². The van der Waals surface area contributed by atoms with Crippen molar-refractivity contribution in [2.75, 3.05) is 0 Å².